The minimum atomic E-state index is -3.87. The molecule has 1 amide bonds. The molecule has 9 heteroatoms. The van der Waals surface area contributed by atoms with Crippen molar-refractivity contribution < 1.29 is 23.4 Å². The molecular weight excluding hydrogens is 418 g/mol. The Kier molecular flexibility index (Phi) is 7.01. The van der Waals surface area contributed by atoms with Crippen LogP contribution >= 0.6 is 0 Å². The third kappa shape index (κ3) is 5.46. The smallest absolute Gasteiger partial charge is 0.252 e. The van der Waals surface area contributed by atoms with Gasteiger partial charge in [-0.15, -0.1) is 0 Å². The van der Waals surface area contributed by atoms with Crippen molar-refractivity contribution in [2.45, 2.75) is 22.3 Å². The molecule has 1 atom stereocenters. The van der Waals surface area contributed by atoms with Gasteiger partial charge in [-0.25, -0.2) is 8.42 Å². The van der Waals surface area contributed by atoms with Gasteiger partial charge in [-0.1, -0.05) is 18.2 Å². The van der Waals surface area contributed by atoms with Gasteiger partial charge in [0, 0.05) is 24.5 Å². The Morgan fingerprint density at radius 3 is 2.45 bits per heavy atom. The zero-order valence-corrected chi connectivity index (χ0v) is 17.4. The van der Waals surface area contributed by atoms with Crippen LogP contribution in [0.25, 0.3) is 0 Å². The summed E-state index contributed by atoms with van der Waals surface area (Å²) in [4.78, 5) is 15.3. The third-order valence-corrected chi connectivity index (χ3v) is 6.54. The predicted molar refractivity (Wildman–Crippen MR) is 114 cm³/mol. The molecule has 31 heavy (non-hydrogen) atoms. The number of benzene rings is 2. The Hall–Kier alpha value is -3.27. The van der Waals surface area contributed by atoms with Crippen LogP contribution in [0.2, 0.25) is 0 Å². The summed E-state index contributed by atoms with van der Waals surface area (Å²) in [5, 5.41) is 22.9. The number of carbonyl (C=O) groups excluding carboxylic acids is 1. The van der Waals surface area contributed by atoms with Crippen molar-refractivity contribution in [1.82, 2.24) is 10.3 Å². The van der Waals surface area contributed by atoms with Crippen LogP contribution in [0.3, 0.4) is 0 Å². The largest absolute Gasteiger partial charge is 0.507 e. The van der Waals surface area contributed by atoms with Gasteiger partial charge in [-0.3, -0.25) is 9.78 Å². The zero-order chi connectivity index (χ0) is 22.4. The van der Waals surface area contributed by atoms with E-state index in [2.05, 4.69) is 10.3 Å². The van der Waals surface area contributed by atoms with E-state index in [4.69, 9.17) is 5.73 Å². The van der Waals surface area contributed by atoms with Crippen LogP contribution in [-0.2, 0) is 16.3 Å². The molecule has 0 radical (unpaired) electrons. The van der Waals surface area contributed by atoms with Gasteiger partial charge in [-0.05, 0) is 54.9 Å². The molecule has 1 aromatic heterocycles. The van der Waals surface area contributed by atoms with Gasteiger partial charge in [-0.2, -0.15) is 0 Å². The maximum Gasteiger partial charge on any atom is 0.252 e. The number of aliphatic hydroxyl groups is 1. The van der Waals surface area contributed by atoms with Crippen molar-refractivity contribution in [3.05, 3.63) is 83.7 Å². The monoisotopic (exact) mass is 441 g/mol. The second kappa shape index (κ2) is 9.69. The highest BCUT2D eigenvalue weighted by Crippen LogP contribution is 2.26. The lowest BCUT2D eigenvalue weighted by molar-refractivity contribution is 0.0997. The molecule has 162 valence electrons. The van der Waals surface area contributed by atoms with Gasteiger partial charge in [0.2, 0.25) is 9.84 Å². The van der Waals surface area contributed by atoms with Crippen molar-refractivity contribution in [1.29, 1.82) is 0 Å². The van der Waals surface area contributed by atoms with Gasteiger partial charge in [0.1, 0.15) is 5.75 Å². The van der Waals surface area contributed by atoms with E-state index in [9.17, 15) is 23.4 Å². The number of nitrogens with two attached hydrogens (primary N) is 1. The molecule has 3 aromatic rings. The van der Waals surface area contributed by atoms with Crippen molar-refractivity contribution in [2.24, 2.45) is 5.73 Å². The van der Waals surface area contributed by atoms with E-state index in [1.54, 1.807) is 36.7 Å². The molecule has 0 bridgehead atoms. The number of aliphatic hydroxyl groups excluding tert-OH is 1. The number of nitrogens with zero attached hydrogens (tertiary/aromatic N) is 1. The molecule has 8 nitrogen and oxygen atoms in total. The molecule has 0 aliphatic rings. The van der Waals surface area contributed by atoms with Crippen LogP contribution in [0.5, 0.6) is 5.75 Å². The molecule has 0 unspecified atom stereocenters. The van der Waals surface area contributed by atoms with Crippen molar-refractivity contribution in [3.63, 3.8) is 0 Å². The Morgan fingerprint density at radius 2 is 1.81 bits per heavy atom. The summed E-state index contributed by atoms with van der Waals surface area (Å²) in [7, 11) is -3.87. The quantitative estimate of drug-likeness (QED) is 0.369. The minimum absolute atomic E-state index is 0.0670. The lowest BCUT2D eigenvalue weighted by Crippen LogP contribution is -2.23. The van der Waals surface area contributed by atoms with E-state index >= 15 is 0 Å². The number of rotatable bonds is 9. The minimum Gasteiger partial charge on any atom is -0.507 e. The van der Waals surface area contributed by atoms with Crippen LogP contribution in [0.1, 0.15) is 27.6 Å². The summed E-state index contributed by atoms with van der Waals surface area (Å²) >= 11 is 0. The third-order valence-electron chi connectivity index (χ3n) is 4.77. The normalized spacial score (nSPS) is 12.4. The Balaban J connectivity index is 1.61. The molecule has 0 saturated heterocycles. The van der Waals surface area contributed by atoms with Gasteiger partial charge in [0.15, 0.2) is 0 Å². The molecule has 1 heterocycles. The van der Waals surface area contributed by atoms with E-state index in [0.717, 1.165) is 23.3 Å². The van der Waals surface area contributed by atoms with Gasteiger partial charge < -0.3 is 21.3 Å². The zero-order valence-electron chi connectivity index (χ0n) is 16.6. The topological polar surface area (TPSA) is 143 Å². The second-order valence-electron chi connectivity index (χ2n) is 6.95. The van der Waals surface area contributed by atoms with E-state index in [1.807, 2.05) is 0 Å². The summed E-state index contributed by atoms with van der Waals surface area (Å²) in [5.41, 5.74) is 6.58. The molecule has 0 spiro atoms. The molecule has 0 aliphatic carbocycles. The van der Waals surface area contributed by atoms with Crippen LogP contribution in [0, 0.1) is 0 Å². The van der Waals surface area contributed by atoms with E-state index in [1.165, 1.54) is 18.2 Å². The van der Waals surface area contributed by atoms with E-state index < -0.39 is 21.8 Å². The Labute approximate surface area is 180 Å². The first kappa shape index (κ1) is 22.4. The number of nitrogens with one attached hydrogen (secondary N) is 1. The number of hydrogen-bond acceptors (Lipinski definition) is 7. The number of aromatic nitrogens is 1. The molecule has 3 rings (SSSR count). The standard InChI is InChI=1S/C22H23N3O5S/c23-22(28)19-12-18(7-8-20(19)26)31(29,30)17-5-3-15(4-6-17)9-11-25-14-21(27)16-2-1-10-24-13-16/h1-8,10,12-13,21,25-27H,9,11,14H2,(H2,23,28)/t21-/m0/s1. The van der Waals surface area contributed by atoms with Crippen molar-refractivity contribution in [2.75, 3.05) is 13.1 Å². The number of pyridine rings is 1. The van der Waals surface area contributed by atoms with Crippen LogP contribution in [-0.4, -0.2) is 42.6 Å². The van der Waals surface area contributed by atoms with Gasteiger partial charge >= 0.3 is 0 Å². The summed E-state index contributed by atoms with van der Waals surface area (Å²) < 4.78 is 25.6. The SMILES string of the molecule is NC(=O)c1cc(S(=O)(=O)c2ccc(CCNC[C@H](O)c3cccnc3)cc2)ccc1O. The highest BCUT2D eigenvalue weighted by molar-refractivity contribution is 7.91. The number of carbonyl (C=O) groups is 1. The van der Waals surface area contributed by atoms with E-state index in [-0.39, 0.29) is 21.1 Å². The van der Waals surface area contributed by atoms with Gasteiger partial charge in [0.25, 0.3) is 5.91 Å². The lowest BCUT2D eigenvalue weighted by atomic mass is 10.1. The number of amides is 1. The van der Waals surface area contributed by atoms with Crippen LogP contribution in [0.4, 0.5) is 0 Å². The number of sulfone groups is 1. The first-order valence-electron chi connectivity index (χ1n) is 9.54. The molecule has 2 aromatic carbocycles. The Morgan fingerprint density at radius 1 is 1.10 bits per heavy atom. The van der Waals surface area contributed by atoms with E-state index in [0.29, 0.717) is 19.5 Å². The summed E-state index contributed by atoms with van der Waals surface area (Å²) in [6.45, 7) is 0.977. The number of hydrogen-bond donors (Lipinski definition) is 4. The maximum atomic E-state index is 12.8. The average Bonchev–Trinajstić information content (AvgIpc) is 2.77. The first-order valence-corrected chi connectivity index (χ1v) is 11.0. The number of primary amides is 1. The molecular formula is C22H23N3O5S. The first-order chi connectivity index (χ1) is 14.8. The second-order valence-corrected chi connectivity index (χ2v) is 8.90. The summed E-state index contributed by atoms with van der Waals surface area (Å²) in [5.74, 6) is -1.28. The van der Waals surface area contributed by atoms with Crippen molar-refractivity contribution >= 4 is 15.7 Å². The molecule has 0 aliphatic heterocycles. The fourth-order valence-corrected chi connectivity index (χ4v) is 4.30. The van der Waals surface area contributed by atoms with Crippen molar-refractivity contribution in [3.8, 4) is 5.75 Å². The average molecular weight is 442 g/mol. The van der Waals surface area contributed by atoms with Gasteiger partial charge in [0.05, 0.1) is 21.5 Å². The Bertz CT molecular complexity index is 1150. The number of aromatic hydroxyl groups is 1. The predicted octanol–water partition coefficient (Wildman–Crippen LogP) is 1.58. The summed E-state index contributed by atoms with van der Waals surface area (Å²) in [6.07, 6.45) is 3.25. The van der Waals surface area contributed by atoms with Crippen LogP contribution in [0.15, 0.2) is 76.8 Å². The maximum absolute atomic E-state index is 12.8. The highest BCUT2D eigenvalue weighted by Gasteiger charge is 2.20. The molecule has 0 fully saturated rings. The fraction of sp³-hybridized carbons (Fsp3) is 0.182. The lowest BCUT2D eigenvalue weighted by Gasteiger charge is -2.12. The molecule has 5 N–H and O–H groups in total. The molecule has 0 saturated carbocycles. The highest BCUT2D eigenvalue weighted by atomic mass is 32.2. The summed E-state index contributed by atoms with van der Waals surface area (Å²) in [6, 6.07) is 13.4. The van der Waals surface area contributed by atoms with Crippen LogP contribution < -0.4 is 11.1 Å². The number of phenols is 1. The fourth-order valence-electron chi connectivity index (χ4n) is 3.01.